The zero-order valence-corrected chi connectivity index (χ0v) is 12.0. The van der Waals surface area contributed by atoms with Gasteiger partial charge in [0.25, 0.3) is 0 Å². The van der Waals surface area contributed by atoms with Crippen LogP contribution in [0.3, 0.4) is 0 Å². The summed E-state index contributed by atoms with van der Waals surface area (Å²) in [6, 6.07) is 5.67. The minimum absolute atomic E-state index is 0.141. The number of halogens is 1. The molecule has 1 aliphatic rings. The van der Waals surface area contributed by atoms with Crippen LogP contribution in [-0.4, -0.2) is 28.1 Å². The standard InChI is InChI=1S/C15H15FN4O2/c1-19-9-12(7-17-19)18-15(22)10-6-14(21)20(8-10)13-4-2-11(16)3-5-13/h2-5,7,9-10H,6,8H2,1H3,(H,18,22)/t10-/m1/s1. The number of carbonyl (C=O) groups is 2. The van der Waals surface area contributed by atoms with Gasteiger partial charge in [-0.05, 0) is 24.3 Å². The summed E-state index contributed by atoms with van der Waals surface area (Å²) in [6.07, 6.45) is 3.38. The smallest absolute Gasteiger partial charge is 0.229 e. The minimum Gasteiger partial charge on any atom is -0.323 e. The average Bonchev–Trinajstić information content (AvgIpc) is 3.06. The second kappa shape index (κ2) is 5.59. The van der Waals surface area contributed by atoms with E-state index in [1.807, 2.05) is 0 Å². The van der Waals surface area contributed by atoms with Crippen LogP contribution in [0.1, 0.15) is 6.42 Å². The number of aromatic nitrogens is 2. The molecule has 0 unspecified atom stereocenters. The molecular weight excluding hydrogens is 287 g/mol. The van der Waals surface area contributed by atoms with Gasteiger partial charge in [-0.2, -0.15) is 5.10 Å². The van der Waals surface area contributed by atoms with Crippen molar-refractivity contribution >= 4 is 23.2 Å². The molecule has 0 bridgehead atoms. The quantitative estimate of drug-likeness (QED) is 0.935. The SMILES string of the molecule is Cn1cc(NC(=O)[C@@H]2CC(=O)N(c3ccc(F)cc3)C2)cn1. The van der Waals surface area contributed by atoms with E-state index in [-0.39, 0.29) is 30.6 Å². The van der Waals surface area contributed by atoms with Crippen LogP contribution in [0, 0.1) is 11.7 Å². The lowest BCUT2D eigenvalue weighted by Crippen LogP contribution is -2.28. The Morgan fingerprint density at radius 1 is 1.36 bits per heavy atom. The highest BCUT2D eigenvalue weighted by Gasteiger charge is 2.35. The summed E-state index contributed by atoms with van der Waals surface area (Å²) in [6.45, 7) is 0.288. The molecule has 2 heterocycles. The van der Waals surface area contributed by atoms with Crippen molar-refractivity contribution in [1.82, 2.24) is 9.78 Å². The number of nitrogens with zero attached hydrogens (tertiary/aromatic N) is 3. The fourth-order valence-corrected chi connectivity index (χ4v) is 2.48. The van der Waals surface area contributed by atoms with Crippen LogP contribution >= 0.6 is 0 Å². The summed E-state index contributed by atoms with van der Waals surface area (Å²) >= 11 is 0. The molecule has 22 heavy (non-hydrogen) atoms. The average molecular weight is 302 g/mol. The van der Waals surface area contributed by atoms with Gasteiger partial charge in [-0.1, -0.05) is 0 Å². The van der Waals surface area contributed by atoms with Gasteiger partial charge in [-0.15, -0.1) is 0 Å². The summed E-state index contributed by atoms with van der Waals surface area (Å²) in [4.78, 5) is 25.8. The first kappa shape index (κ1) is 14.2. The van der Waals surface area contributed by atoms with Crippen LogP contribution in [0.15, 0.2) is 36.7 Å². The number of hydrogen-bond donors (Lipinski definition) is 1. The van der Waals surface area contributed by atoms with Crippen LogP contribution in [0.2, 0.25) is 0 Å². The molecule has 1 aliphatic heterocycles. The Morgan fingerprint density at radius 3 is 2.73 bits per heavy atom. The predicted molar refractivity (Wildman–Crippen MR) is 78.7 cm³/mol. The molecule has 1 saturated heterocycles. The lowest BCUT2D eigenvalue weighted by molar-refractivity contribution is -0.122. The number of rotatable bonds is 3. The third kappa shape index (κ3) is 2.83. The maximum absolute atomic E-state index is 12.9. The number of amides is 2. The molecule has 6 nitrogen and oxygen atoms in total. The second-order valence-electron chi connectivity index (χ2n) is 5.27. The van der Waals surface area contributed by atoms with Gasteiger partial charge in [0, 0.05) is 31.9 Å². The van der Waals surface area contributed by atoms with Gasteiger partial charge in [0.1, 0.15) is 5.82 Å². The van der Waals surface area contributed by atoms with Crippen molar-refractivity contribution in [2.24, 2.45) is 13.0 Å². The number of carbonyl (C=O) groups excluding carboxylic acids is 2. The van der Waals surface area contributed by atoms with E-state index in [9.17, 15) is 14.0 Å². The Kier molecular flexibility index (Phi) is 3.62. The molecule has 1 aromatic heterocycles. The van der Waals surface area contributed by atoms with Crippen molar-refractivity contribution in [2.45, 2.75) is 6.42 Å². The van der Waals surface area contributed by atoms with Gasteiger partial charge in [-0.3, -0.25) is 14.3 Å². The summed E-state index contributed by atoms with van der Waals surface area (Å²) < 4.78 is 14.5. The Labute approximate surface area is 126 Å². The Bertz CT molecular complexity index is 711. The number of nitrogens with one attached hydrogen (secondary N) is 1. The fraction of sp³-hybridized carbons (Fsp3) is 0.267. The maximum Gasteiger partial charge on any atom is 0.229 e. The zero-order chi connectivity index (χ0) is 15.7. The highest BCUT2D eigenvalue weighted by molar-refractivity contribution is 6.03. The zero-order valence-electron chi connectivity index (χ0n) is 12.0. The third-order valence-corrected chi connectivity index (χ3v) is 3.61. The number of benzene rings is 1. The molecule has 1 aromatic carbocycles. The van der Waals surface area contributed by atoms with Crippen LogP contribution < -0.4 is 10.2 Å². The van der Waals surface area contributed by atoms with E-state index in [1.165, 1.54) is 29.2 Å². The van der Waals surface area contributed by atoms with Crippen LogP contribution in [-0.2, 0) is 16.6 Å². The van der Waals surface area contributed by atoms with Gasteiger partial charge < -0.3 is 10.2 Å². The summed E-state index contributed by atoms with van der Waals surface area (Å²) in [5.41, 5.74) is 1.20. The van der Waals surface area contributed by atoms with Crippen LogP contribution in [0.5, 0.6) is 0 Å². The van der Waals surface area contributed by atoms with Gasteiger partial charge in [0.05, 0.1) is 17.8 Å². The number of aryl methyl sites for hydroxylation is 1. The summed E-state index contributed by atoms with van der Waals surface area (Å²) in [7, 11) is 1.75. The van der Waals surface area contributed by atoms with E-state index >= 15 is 0 Å². The molecule has 0 radical (unpaired) electrons. The molecule has 2 amide bonds. The Morgan fingerprint density at radius 2 is 2.09 bits per heavy atom. The van der Waals surface area contributed by atoms with E-state index in [0.29, 0.717) is 11.4 Å². The lowest BCUT2D eigenvalue weighted by Gasteiger charge is -2.16. The molecule has 1 N–H and O–H groups in total. The van der Waals surface area contributed by atoms with Gasteiger partial charge >= 0.3 is 0 Å². The van der Waals surface area contributed by atoms with Gasteiger partial charge in [-0.25, -0.2) is 4.39 Å². The van der Waals surface area contributed by atoms with E-state index in [1.54, 1.807) is 24.1 Å². The highest BCUT2D eigenvalue weighted by atomic mass is 19.1. The Hall–Kier alpha value is -2.70. The van der Waals surface area contributed by atoms with Crippen LogP contribution in [0.25, 0.3) is 0 Å². The van der Waals surface area contributed by atoms with Gasteiger partial charge in [0.15, 0.2) is 0 Å². The van der Waals surface area contributed by atoms with E-state index in [2.05, 4.69) is 10.4 Å². The Balaban J connectivity index is 1.68. The molecule has 3 rings (SSSR count). The van der Waals surface area contributed by atoms with Crippen molar-refractivity contribution in [3.8, 4) is 0 Å². The number of anilines is 2. The van der Waals surface area contributed by atoms with E-state index < -0.39 is 5.92 Å². The minimum atomic E-state index is -0.433. The van der Waals surface area contributed by atoms with Crippen LogP contribution in [0.4, 0.5) is 15.8 Å². The second-order valence-corrected chi connectivity index (χ2v) is 5.27. The maximum atomic E-state index is 12.9. The largest absolute Gasteiger partial charge is 0.323 e. The predicted octanol–water partition coefficient (Wildman–Crippen LogP) is 1.55. The van der Waals surface area contributed by atoms with Crippen molar-refractivity contribution < 1.29 is 14.0 Å². The first-order chi connectivity index (χ1) is 10.5. The molecule has 0 spiro atoms. The van der Waals surface area contributed by atoms with E-state index in [0.717, 1.165) is 0 Å². The summed E-state index contributed by atoms with van der Waals surface area (Å²) in [5.74, 6) is -1.15. The summed E-state index contributed by atoms with van der Waals surface area (Å²) in [5, 5.41) is 6.72. The van der Waals surface area contributed by atoms with Crippen molar-refractivity contribution in [3.05, 3.63) is 42.5 Å². The first-order valence-corrected chi connectivity index (χ1v) is 6.88. The molecule has 2 aromatic rings. The van der Waals surface area contributed by atoms with Crippen molar-refractivity contribution in [1.29, 1.82) is 0 Å². The molecule has 114 valence electrons. The molecular formula is C15H15FN4O2. The lowest BCUT2D eigenvalue weighted by atomic mass is 10.1. The van der Waals surface area contributed by atoms with E-state index in [4.69, 9.17) is 0 Å². The molecule has 0 aliphatic carbocycles. The molecule has 7 heteroatoms. The highest BCUT2D eigenvalue weighted by Crippen LogP contribution is 2.26. The van der Waals surface area contributed by atoms with Gasteiger partial charge in [0.2, 0.25) is 11.8 Å². The molecule has 1 atom stereocenters. The number of hydrogen-bond acceptors (Lipinski definition) is 3. The first-order valence-electron chi connectivity index (χ1n) is 6.88. The molecule has 0 saturated carbocycles. The fourth-order valence-electron chi connectivity index (χ4n) is 2.48. The topological polar surface area (TPSA) is 67.2 Å². The molecule has 1 fully saturated rings. The normalized spacial score (nSPS) is 17.8. The third-order valence-electron chi connectivity index (χ3n) is 3.61. The van der Waals surface area contributed by atoms with Crippen molar-refractivity contribution in [2.75, 3.05) is 16.8 Å². The monoisotopic (exact) mass is 302 g/mol. The van der Waals surface area contributed by atoms with Crippen molar-refractivity contribution in [3.63, 3.8) is 0 Å².